The average Bonchev–Trinajstić information content (AvgIpc) is 2.63. The van der Waals surface area contributed by atoms with Gasteiger partial charge in [0.05, 0.1) is 0 Å². The smallest absolute Gasteiger partial charge is 0.258 e. The van der Waals surface area contributed by atoms with E-state index in [4.69, 9.17) is 9.47 Å². The Hall–Kier alpha value is -3.22. The van der Waals surface area contributed by atoms with Gasteiger partial charge in [-0.25, -0.2) is 8.78 Å². The first-order chi connectivity index (χ1) is 12.5. The van der Waals surface area contributed by atoms with Crippen molar-refractivity contribution in [2.75, 3.05) is 13.2 Å². The zero-order valence-corrected chi connectivity index (χ0v) is 13.5. The molecule has 26 heavy (non-hydrogen) atoms. The third kappa shape index (κ3) is 4.05. The zero-order valence-electron chi connectivity index (χ0n) is 13.5. The Bertz CT molecular complexity index is 955. The Morgan fingerprint density at radius 3 is 2.35 bits per heavy atom. The van der Waals surface area contributed by atoms with E-state index in [0.717, 1.165) is 6.07 Å². The van der Waals surface area contributed by atoms with Crippen LogP contribution >= 0.6 is 0 Å². The summed E-state index contributed by atoms with van der Waals surface area (Å²) in [5.41, 5.74) is 0.166. The molecule has 2 aromatic carbocycles. The van der Waals surface area contributed by atoms with Gasteiger partial charge in [0.2, 0.25) is 5.82 Å². The van der Waals surface area contributed by atoms with Crippen molar-refractivity contribution in [3.63, 3.8) is 0 Å². The zero-order chi connectivity index (χ0) is 18.5. The fourth-order valence-corrected chi connectivity index (χ4v) is 2.27. The van der Waals surface area contributed by atoms with Gasteiger partial charge in [-0.1, -0.05) is 6.07 Å². The second-order valence-corrected chi connectivity index (χ2v) is 5.30. The largest absolute Gasteiger partial charge is 0.490 e. The van der Waals surface area contributed by atoms with E-state index in [1.165, 1.54) is 53.2 Å². The van der Waals surface area contributed by atoms with Gasteiger partial charge in [0.15, 0.2) is 11.6 Å². The highest BCUT2D eigenvalue weighted by Gasteiger charge is 2.08. The van der Waals surface area contributed by atoms with E-state index in [1.807, 2.05) is 0 Å². The molecule has 1 heterocycles. The van der Waals surface area contributed by atoms with Crippen LogP contribution in [0.4, 0.5) is 13.2 Å². The summed E-state index contributed by atoms with van der Waals surface area (Å²) in [4.78, 5) is 12.1. The fourth-order valence-electron chi connectivity index (χ4n) is 2.27. The molecule has 1 aromatic heterocycles. The molecule has 0 saturated carbocycles. The molecule has 0 fully saturated rings. The van der Waals surface area contributed by atoms with Crippen molar-refractivity contribution in [2.45, 2.75) is 0 Å². The van der Waals surface area contributed by atoms with E-state index >= 15 is 0 Å². The van der Waals surface area contributed by atoms with E-state index in [2.05, 4.69) is 0 Å². The van der Waals surface area contributed by atoms with Crippen molar-refractivity contribution in [3.8, 4) is 17.2 Å². The number of pyridine rings is 1. The number of benzene rings is 2. The monoisotopic (exact) mass is 361 g/mol. The standard InChI is InChI=1S/C19H14F3NO3/c20-13-4-6-14(7-5-13)23-9-8-15(12-18(23)24)25-10-11-26-17-3-1-2-16(21)19(17)22/h1-9,12H,10-11H2. The minimum atomic E-state index is -1.06. The molecule has 4 nitrogen and oxygen atoms in total. The average molecular weight is 361 g/mol. The molecular formula is C19H14F3NO3. The lowest BCUT2D eigenvalue weighted by molar-refractivity contribution is 0.209. The van der Waals surface area contributed by atoms with Gasteiger partial charge in [-0.05, 0) is 42.5 Å². The number of rotatable bonds is 6. The van der Waals surface area contributed by atoms with Crippen LogP contribution in [0.3, 0.4) is 0 Å². The highest BCUT2D eigenvalue weighted by molar-refractivity contribution is 5.34. The number of ether oxygens (including phenoxy) is 2. The summed E-state index contributed by atoms with van der Waals surface area (Å²) < 4.78 is 51.3. The molecule has 0 aliphatic rings. The summed E-state index contributed by atoms with van der Waals surface area (Å²) in [6.45, 7) is 0.0113. The minimum Gasteiger partial charge on any atom is -0.490 e. The van der Waals surface area contributed by atoms with Gasteiger partial charge in [0.25, 0.3) is 5.56 Å². The fraction of sp³-hybridized carbons (Fsp3) is 0.105. The SMILES string of the molecule is O=c1cc(OCCOc2cccc(F)c2F)ccn1-c1ccc(F)cc1. The molecule has 3 aromatic rings. The Balaban J connectivity index is 1.59. The van der Waals surface area contributed by atoms with Crippen LogP contribution < -0.4 is 15.0 Å². The lowest BCUT2D eigenvalue weighted by Gasteiger charge is -2.10. The van der Waals surface area contributed by atoms with Crippen molar-refractivity contribution in [3.05, 3.63) is 88.6 Å². The summed E-state index contributed by atoms with van der Waals surface area (Å²) in [7, 11) is 0. The molecule has 0 spiro atoms. The van der Waals surface area contributed by atoms with Crippen LogP contribution in [-0.2, 0) is 0 Å². The van der Waals surface area contributed by atoms with E-state index in [0.29, 0.717) is 11.4 Å². The van der Waals surface area contributed by atoms with Crippen molar-refractivity contribution in [1.29, 1.82) is 0 Å². The predicted octanol–water partition coefficient (Wildman–Crippen LogP) is 3.71. The Morgan fingerprint density at radius 2 is 1.62 bits per heavy atom. The van der Waals surface area contributed by atoms with Crippen LogP contribution in [0.1, 0.15) is 0 Å². The van der Waals surface area contributed by atoms with Gasteiger partial charge >= 0.3 is 0 Å². The molecule has 7 heteroatoms. The number of hydrogen-bond acceptors (Lipinski definition) is 3. The molecule has 0 aliphatic heterocycles. The molecular weight excluding hydrogens is 347 g/mol. The lowest BCUT2D eigenvalue weighted by Crippen LogP contribution is -2.17. The van der Waals surface area contributed by atoms with Gasteiger partial charge in [-0.15, -0.1) is 0 Å². The van der Waals surface area contributed by atoms with Crippen LogP contribution in [-0.4, -0.2) is 17.8 Å². The van der Waals surface area contributed by atoms with Crippen LogP contribution in [0.5, 0.6) is 11.5 Å². The number of aromatic nitrogens is 1. The predicted molar refractivity (Wildman–Crippen MR) is 89.3 cm³/mol. The van der Waals surface area contributed by atoms with E-state index in [-0.39, 0.29) is 24.5 Å². The molecule has 3 rings (SSSR count). The highest BCUT2D eigenvalue weighted by Crippen LogP contribution is 2.19. The highest BCUT2D eigenvalue weighted by atomic mass is 19.2. The van der Waals surface area contributed by atoms with Crippen LogP contribution in [0, 0.1) is 17.5 Å². The Labute approximate surface area is 147 Å². The minimum absolute atomic E-state index is 0.0264. The number of hydrogen-bond donors (Lipinski definition) is 0. The van der Waals surface area contributed by atoms with Crippen LogP contribution in [0.15, 0.2) is 65.6 Å². The second kappa shape index (κ2) is 7.77. The molecule has 0 aliphatic carbocycles. The van der Waals surface area contributed by atoms with Gasteiger partial charge in [-0.3, -0.25) is 9.36 Å². The van der Waals surface area contributed by atoms with Crippen molar-refractivity contribution in [1.82, 2.24) is 4.57 Å². The quantitative estimate of drug-likeness (QED) is 0.629. The molecule has 134 valence electrons. The third-order valence-electron chi connectivity index (χ3n) is 3.52. The maximum absolute atomic E-state index is 13.4. The maximum Gasteiger partial charge on any atom is 0.258 e. The van der Waals surface area contributed by atoms with Gasteiger partial charge < -0.3 is 9.47 Å². The number of nitrogens with zero attached hydrogens (tertiary/aromatic N) is 1. The summed E-state index contributed by atoms with van der Waals surface area (Å²) >= 11 is 0. The van der Waals surface area contributed by atoms with E-state index in [9.17, 15) is 18.0 Å². The third-order valence-corrected chi connectivity index (χ3v) is 3.52. The normalized spacial score (nSPS) is 10.6. The first-order valence-electron chi connectivity index (χ1n) is 7.73. The molecule has 0 bridgehead atoms. The van der Waals surface area contributed by atoms with Gasteiger partial charge in [-0.2, -0.15) is 4.39 Å². The molecule has 0 amide bonds. The maximum atomic E-state index is 13.4. The molecule has 0 N–H and O–H groups in total. The van der Waals surface area contributed by atoms with Crippen LogP contribution in [0.2, 0.25) is 0 Å². The van der Waals surface area contributed by atoms with Crippen molar-refractivity contribution >= 4 is 0 Å². The van der Waals surface area contributed by atoms with Crippen molar-refractivity contribution in [2.24, 2.45) is 0 Å². The molecule has 0 unspecified atom stereocenters. The second-order valence-electron chi connectivity index (χ2n) is 5.30. The summed E-state index contributed by atoms with van der Waals surface area (Å²) in [6, 6.07) is 12.0. The van der Waals surface area contributed by atoms with Gasteiger partial charge in [0, 0.05) is 18.0 Å². The Kier molecular flexibility index (Phi) is 5.26. The van der Waals surface area contributed by atoms with Gasteiger partial charge in [0.1, 0.15) is 24.8 Å². The van der Waals surface area contributed by atoms with E-state index < -0.39 is 17.5 Å². The molecule has 0 saturated heterocycles. The molecule has 0 atom stereocenters. The number of halogens is 3. The Morgan fingerprint density at radius 1 is 0.885 bits per heavy atom. The topological polar surface area (TPSA) is 40.5 Å². The first-order valence-corrected chi connectivity index (χ1v) is 7.73. The van der Waals surface area contributed by atoms with Crippen molar-refractivity contribution < 1.29 is 22.6 Å². The first kappa shape index (κ1) is 17.6. The summed E-state index contributed by atoms with van der Waals surface area (Å²) in [6.07, 6.45) is 1.50. The van der Waals surface area contributed by atoms with Crippen LogP contribution in [0.25, 0.3) is 5.69 Å². The summed E-state index contributed by atoms with van der Waals surface area (Å²) in [5.74, 6) is -2.35. The summed E-state index contributed by atoms with van der Waals surface area (Å²) in [5, 5.41) is 0. The lowest BCUT2D eigenvalue weighted by atomic mass is 10.3. The molecule has 0 radical (unpaired) electrons. The van der Waals surface area contributed by atoms with E-state index in [1.54, 1.807) is 6.07 Å².